The van der Waals surface area contributed by atoms with Gasteiger partial charge in [0.05, 0.1) is 5.69 Å². The first-order valence-electron chi connectivity index (χ1n) is 9.79. The summed E-state index contributed by atoms with van der Waals surface area (Å²) in [6, 6.07) is 11.1. The average Bonchev–Trinajstić information content (AvgIpc) is 2.91. The molecule has 1 atom stereocenters. The van der Waals surface area contributed by atoms with Gasteiger partial charge in [-0.2, -0.15) is 5.10 Å². The van der Waals surface area contributed by atoms with Crippen LogP contribution in [0, 0.1) is 13.8 Å². The molecule has 2 heterocycles. The van der Waals surface area contributed by atoms with Gasteiger partial charge in [-0.05, 0) is 38.8 Å². The predicted octanol–water partition coefficient (Wildman–Crippen LogP) is 2.37. The van der Waals surface area contributed by atoms with Crippen LogP contribution >= 0.6 is 0 Å². The standard InChI is InChI=1S/C21H32N6/c1-16-20(17(2)26(4)25-16)13-23-21(22-3)24-19-11-8-12-27(15-19)14-18-9-6-5-7-10-18/h5-7,9-10,19H,8,11-15H2,1-4H3,(H2,22,23,24). The van der Waals surface area contributed by atoms with Crippen LogP contribution in [0.2, 0.25) is 0 Å². The number of benzene rings is 1. The first kappa shape index (κ1) is 19.4. The van der Waals surface area contributed by atoms with Gasteiger partial charge in [-0.15, -0.1) is 0 Å². The monoisotopic (exact) mass is 368 g/mol. The SMILES string of the molecule is CN=C(NCc1c(C)nn(C)c1C)NC1CCCN(Cc2ccccc2)C1. The van der Waals surface area contributed by atoms with Crippen LogP contribution in [0.1, 0.15) is 35.4 Å². The fraction of sp³-hybridized carbons (Fsp3) is 0.524. The predicted molar refractivity (Wildman–Crippen MR) is 111 cm³/mol. The molecule has 0 aliphatic carbocycles. The van der Waals surface area contributed by atoms with Gasteiger partial charge < -0.3 is 10.6 Å². The molecule has 1 aromatic carbocycles. The van der Waals surface area contributed by atoms with E-state index in [0.717, 1.165) is 37.8 Å². The molecule has 0 spiro atoms. The van der Waals surface area contributed by atoms with Crippen LogP contribution in [-0.2, 0) is 20.1 Å². The molecule has 146 valence electrons. The summed E-state index contributed by atoms with van der Waals surface area (Å²) in [6.07, 6.45) is 2.39. The Balaban J connectivity index is 1.53. The number of guanidine groups is 1. The molecule has 1 fully saturated rings. The second-order valence-corrected chi connectivity index (χ2v) is 7.40. The van der Waals surface area contributed by atoms with Crippen LogP contribution in [0.5, 0.6) is 0 Å². The normalized spacial score (nSPS) is 18.5. The maximum atomic E-state index is 4.49. The number of likely N-dealkylation sites (tertiary alicyclic amines) is 1. The lowest BCUT2D eigenvalue weighted by Crippen LogP contribution is -2.50. The molecule has 0 bridgehead atoms. The number of hydrogen-bond donors (Lipinski definition) is 2. The van der Waals surface area contributed by atoms with Gasteiger partial charge in [0.2, 0.25) is 0 Å². The Morgan fingerprint density at radius 2 is 2.04 bits per heavy atom. The molecule has 1 aromatic heterocycles. The summed E-state index contributed by atoms with van der Waals surface area (Å²) in [5.41, 5.74) is 4.89. The van der Waals surface area contributed by atoms with Crippen LogP contribution in [0.15, 0.2) is 35.3 Å². The van der Waals surface area contributed by atoms with Gasteiger partial charge in [0, 0.05) is 51.0 Å². The van der Waals surface area contributed by atoms with Crippen molar-refractivity contribution < 1.29 is 0 Å². The topological polar surface area (TPSA) is 57.5 Å². The van der Waals surface area contributed by atoms with E-state index in [9.17, 15) is 0 Å². The van der Waals surface area contributed by atoms with Gasteiger partial charge in [-0.25, -0.2) is 0 Å². The molecule has 0 amide bonds. The van der Waals surface area contributed by atoms with E-state index in [4.69, 9.17) is 0 Å². The van der Waals surface area contributed by atoms with E-state index in [-0.39, 0.29) is 0 Å². The summed E-state index contributed by atoms with van der Waals surface area (Å²) in [5.74, 6) is 0.865. The third-order valence-electron chi connectivity index (χ3n) is 5.41. The Kier molecular flexibility index (Phi) is 6.50. The highest BCUT2D eigenvalue weighted by atomic mass is 15.3. The van der Waals surface area contributed by atoms with E-state index in [1.165, 1.54) is 29.7 Å². The Labute approximate surface area is 162 Å². The van der Waals surface area contributed by atoms with Crippen molar-refractivity contribution >= 4 is 5.96 Å². The molecular formula is C21H32N6. The molecule has 3 rings (SSSR count). The lowest BCUT2D eigenvalue weighted by molar-refractivity contribution is 0.192. The van der Waals surface area contributed by atoms with E-state index in [0.29, 0.717) is 6.04 Å². The lowest BCUT2D eigenvalue weighted by Gasteiger charge is -2.34. The van der Waals surface area contributed by atoms with Crippen molar-refractivity contribution in [3.05, 3.63) is 52.8 Å². The van der Waals surface area contributed by atoms with Gasteiger partial charge >= 0.3 is 0 Å². The van der Waals surface area contributed by atoms with Crippen molar-refractivity contribution in [2.75, 3.05) is 20.1 Å². The largest absolute Gasteiger partial charge is 0.352 e. The average molecular weight is 369 g/mol. The second-order valence-electron chi connectivity index (χ2n) is 7.40. The molecule has 1 saturated heterocycles. The van der Waals surface area contributed by atoms with Crippen LogP contribution < -0.4 is 10.6 Å². The maximum absolute atomic E-state index is 4.49. The fourth-order valence-electron chi connectivity index (χ4n) is 3.79. The molecule has 6 nitrogen and oxygen atoms in total. The second kappa shape index (κ2) is 9.04. The number of piperidine rings is 1. The minimum Gasteiger partial charge on any atom is -0.352 e. The Hall–Kier alpha value is -2.34. The van der Waals surface area contributed by atoms with Gasteiger partial charge in [0.15, 0.2) is 5.96 Å². The van der Waals surface area contributed by atoms with E-state index in [1.54, 1.807) is 0 Å². The third kappa shape index (κ3) is 5.10. The number of aryl methyl sites for hydroxylation is 2. The van der Waals surface area contributed by atoms with Crippen LogP contribution in [0.3, 0.4) is 0 Å². The van der Waals surface area contributed by atoms with E-state index in [2.05, 4.69) is 69.8 Å². The van der Waals surface area contributed by atoms with Crippen molar-refractivity contribution in [2.24, 2.45) is 12.0 Å². The highest BCUT2D eigenvalue weighted by Crippen LogP contribution is 2.14. The van der Waals surface area contributed by atoms with E-state index >= 15 is 0 Å². The highest BCUT2D eigenvalue weighted by Gasteiger charge is 2.21. The van der Waals surface area contributed by atoms with Crippen LogP contribution in [0.25, 0.3) is 0 Å². The number of nitrogens with one attached hydrogen (secondary N) is 2. The lowest BCUT2D eigenvalue weighted by atomic mass is 10.0. The number of aliphatic imine (C=N–C) groups is 1. The summed E-state index contributed by atoms with van der Waals surface area (Å²) < 4.78 is 1.94. The first-order valence-corrected chi connectivity index (χ1v) is 9.79. The maximum Gasteiger partial charge on any atom is 0.191 e. The quantitative estimate of drug-likeness (QED) is 0.628. The number of rotatable bonds is 5. The zero-order valence-electron chi connectivity index (χ0n) is 17.0. The van der Waals surface area contributed by atoms with Crippen molar-refractivity contribution in [3.63, 3.8) is 0 Å². The molecule has 0 radical (unpaired) electrons. The fourth-order valence-corrected chi connectivity index (χ4v) is 3.79. The summed E-state index contributed by atoms with van der Waals surface area (Å²) in [6.45, 7) is 8.12. The smallest absolute Gasteiger partial charge is 0.191 e. The Bertz CT molecular complexity index is 764. The molecule has 27 heavy (non-hydrogen) atoms. The number of hydrogen-bond acceptors (Lipinski definition) is 3. The summed E-state index contributed by atoms with van der Waals surface area (Å²) in [7, 11) is 3.82. The summed E-state index contributed by atoms with van der Waals surface area (Å²) in [4.78, 5) is 6.95. The van der Waals surface area contributed by atoms with Gasteiger partial charge in [-0.1, -0.05) is 30.3 Å². The molecular weight excluding hydrogens is 336 g/mol. The number of aromatic nitrogens is 2. The molecule has 2 N–H and O–H groups in total. The van der Waals surface area contributed by atoms with Crippen LogP contribution in [0.4, 0.5) is 0 Å². The van der Waals surface area contributed by atoms with E-state index in [1.807, 2.05) is 18.8 Å². The minimum absolute atomic E-state index is 0.421. The number of nitrogens with zero attached hydrogens (tertiary/aromatic N) is 4. The summed E-state index contributed by atoms with van der Waals surface area (Å²) in [5, 5.41) is 11.6. The van der Waals surface area contributed by atoms with E-state index < -0.39 is 0 Å². The molecule has 1 unspecified atom stereocenters. The van der Waals surface area contributed by atoms with Crippen LogP contribution in [-0.4, -0.2) is 46.8 Å². The third-order valence-corrected chi connectivity index (χ3v) is 5.41. The summed E-state index contributed by atoms with van der Waals surface area (Å²) >= 11 is 0. The zero-order valence-corrected chi connectivity index (χ0v) is 17.0. The van der Waals surface area contributed by atoms with Crippen molar-refractivity contribution in [1.29, 1.82) is 0 Å². The molecule has 1 aliphatic rings. The zero-order chi connectivity index (χ0) is 19.2. The van der Waals surface area contributed by atoms with Crippen molar-refractivity contribution in [2.45, 2.75) is 45.8 Å². The van der Waals surface area contributed by atoms with Gasteiger partial charge in [0.1, 0.15) is 0 Å². The van der Waals surface area contributed by atoms with Gasteiger partial charge in [0.25, 0.3) is 0 Å². The van der Waals surface area contributed by atoms with Crippen molar-refractivity contribution in [3.8, 4) is 0 Å². The van der Waals surface area contributed by atoms with Crippen molar-refractivity contribution in [1.82, 2.24) is 25.3 Å². The molecule has 6 heteroatoms. The minimum atomic E-state index is 0.421. The highest BCUT2D eigenvalue weighted by molar-refractivity contribution is 5.80. The Morgan fingerprint density at radius 3 is 2.70 bits per heavy atom. The Morgan fingerprint density at radius 1 is 1.26 bits per heavy atom. The molecule has 2 aromatic rings. The van der Waals surface area contributed by atoms with Gasteiger partial charge in [-0.3, -0.25) is 14.6 Å². The molecule has 0 saturated carbocycles. The first-order chi connectivity index (χ1) is 13.1. The molecule has 1 aliphatic heterocycles.